The maximum absolute atomic E-state index is 13.4. The van der Waals surface area contributed by atoms with Crippen LogP contribution < -0.4 is 9.64 Å². The van der Waals surface area contributed by atoms with E-state index in [4.69, 9.17) is 4.74 Å². The first-order valence-corrected chi connectivity index (χ1v) is 13.1. The normalized spacial score (nSPS) is 20.3. The highest BCUT2D eigenvalue weighted by Gasteiger charge is 2.46. The Hall–Kier alpha value is -2.59. The van der Waals surface area contributed by atoms with Gasteiger partial charge in [0.05, 0.1) is 7.11 Å². The molecule has 2 aliphatic heterocycles. The van der Waals surface area contributed by atoms with Gasteiger partial charge in [-0.1, -0.05) is 68.2 Å². The van der Waals surface area contributed by atoms with Crippen LogP contribution in [0.3, 0.4) is 0 Å². The lowest BCUT2D eigenvalue weighted by Crippen LogP contribution is -2.46. The smallest absolute Gasteiger partial charge is 0.227 e. The highest BCUT2D eigenvalue weighted by atomic mass is 16.5. The van der Waals surface area contributed by atoms with Gasteiger partial charge in [0.1, 0.15) is 5.75 Å². The Morgan fingerprint density at radius 3 is 2.59 bits per heavy atom. The molecule has 4 nitrogen and oxygen atoms in total. The number of benzene rings is 2. The van der Waals surface area contributed by atoms with Gasteiger partial charge in [0, 0.05) is 30.6 Å². The van der Waals surface area contributed by atoms with Gasteiger partial charge in [0.15, 0.2) is 0 Å². The topological polar surface area (TPSA) is 32.8 Å². The molecule has 0 unspecified atom stereocenters. The van der Waals surface area contributed by atoms with Crippen molar-refractivity contribution < 1.29 is 9.53 Å². The van der Waals surface area contributed by atoms with Crippen molar-refractivity contribution in [3.63, 3.8) is 0 Å². The molecule has 3 aliphatic rings. The fourth-order valence-electron chi connectivity index (χ4n) is 6.25. The predicted octanol–water partition coefficient (Wildman–Crippen LogP) is 6.06. The molecule has 34 heavy (non-hydrogen) atoms. The van der Waals surface area contributed by atoms with Gasteiger partial charge in [0.25, 0.3) is 0 Å². The summed E-state index contributed by atoms with van der Waals surface area (Å²) in [4.78, 5) is 18.0. The second kappa shape index (κ2) is 10.4. The molecule has 0 atom stereocenters. The summed E-state index contributed by atoms with van der Waals surface area (Å²) < 4.78 is 5.58. The lowest BCUT2D eigenvalue weighted by atomic mass is 9.74. The summed E-state index contributed by atoms with van der Waals surface area (Å²) in [6.45, 7) is 3.91. The second-order valence-electron chi connectivity index (χ2n) is 10.4. The van der Waals surface area contributed by atoms with Crippen LogP contribution in [0, 0.1) is 5.92 Å². The zero-order chi connectivity index (χ0) is 23.4. The number of hydrogen-bond donors (Lipinski definition) is 0. The van der Waals surface area contributed by atoms with Gasteiger partial charge >= 0.3 is 0 Å². The minimum Gasteiger partial charge on any atom is -0.497 e. The Morgan fingerprint density at radius 1 is 1.09 bits per heavy atom. The molecule has 5 rings (SSSR count). The van der Waals surface area contributed by atoms with E-state index in [0.29, 0.717) is 12.3 Å². The number of carbonyl (C=O) groups excluding carboxylic acids is 1. The zero-order valence-electron chi connectivity index (χ0n) is 20.5. The molecule has 2 fully saturated rings. The van der Waals surface area contributed by atoms with Crippen LogP contribution in [0.4, 0.5) is 5.69 Å². The maximum Gasteiger partial charge on any atom is 0.227 e. The first-order chi connectivity index (χ1) is 16.7. The van der Waals surface area contributed by atoms with E-state index in [9.17, 15) is 4.79 Å². The Morgan fingerprint density at radius 2 is 1.85 bits per heavy atom. The molecule has 0 aromatic heterocycles. The Labute approximate surface area is 204 Å². The summed E-state index contributed by atoms with van der Waals surface area (Å²) in [6.07, 6.45) is 13.7. The molecule has 1 spiro atoms. The monoisotopic (exact) mass is 458 g/mol. The van der Waals surface area contributed by atoms with E-state index in [1.54, 1.807) is 7.11 Å². The highest BCUT2D eigenvalue weighted by molar-refractivity contribution is 5.96. The summed E-state index contributed by atoms with van der Waals surface area (Å²) in [5.74, 6) is 1.96. The number of anilines is 1. The Balaban J connectivity index is 1.26. The molecule has 2 heterocycles. The number of methoxy groups -OCH3 is 1. The summed E-state index contributed by atoms with van der Waals surface area (Å²) >= 11 is 0. The number of likely N-dealkylation sites (tertiary alicyclic amines) is 1. The van der Waals surface area contributed by atoms with Crippen LogP contribution in [0.1, 0.15) is 62.5 Å². The molecule has 180 valence electrons. The summed E-state index contributed by atoms with van der Waals surface area (Å²) in [5.41, 5.74) is 3.74. The van der Waals surface area contributed by atoms with Crippen LogP contribution in [0.2, 0.25) is 0 Å². The van der Waals surface area contributed by atoms with Crippen molar-refractivity contribution >= 4 is 17.7 Å². The molecule has 4 heteroatoms. The molecule has 1 aliphatic carbocycles. The van der Waals surface area contributed by atoms with E-state index in [1.165, 1.54) is 36.8 Å². The summed E-state index contributed by atoms with van der Waals surface area (Å²) in [6, 6.07) is 16.8. The number of hydrogen-bond acceptors (Lipinski definition) is 3. The van der Waals surface area contributed by atoms with Gasteiger partial charge in [-0.15, -0.1) is 0 Å². The molecule has 1 amide bonds. The number of carbonyl (C=O) groups is 1. The third-order valence-corrected chi connectivity index (χ3v) is 8.36. The van der Waals surface area contributed by atoms with Gasteiger partial charge in [-0.25, -0.2) is 0 Å². The minimum atomic E-state index is 0.0482. The van der Waals surface area contributed by atoms with Gasteiger partial charge in [-0.05, 0) is 67.6 Å². The van der Waals surface area contributed by atoms with Crippen molar-refractivity contribution in [1.29, 1.82) is 0 Å². The van der Waals surface area contributed by atoms with Crippen molar-refractivity contribution in [2.24, 2.45) is 5.92 Å². The molecular weight excluding hydrogens is 420 g/mol. The largest absolute Gasteiger partial charge is 0.497 e. The van der Waals surface area contributed by atoms with Crippen molar-refractivity contribution in [3.8, 4) is 5.75 Å². The fraction of sp³-hybridized carbons (Fsp3) is 0.500. The van der Waals surface area contributed by atoms with Crippen LogP contribution in [-0.2, 0) is 10.2 Å². The third-order valence-electron chi connectivity index (χ3n) is 8.36. The van der Waals surface area contributed by atoms with Gasteiger partial charge in [-0.2, -0.15) is 0 Å². The Bertz CT molecular complexity index is 1000. The van der Waals surface area contributed by atoms with Crippen molar-refractivity contribution in [2.45, 2.75) is 56.8 Å². The van der Waals surface area contributed by atoms with Crippen LogP contribution in [0.25, 0.3) is 6.08 Å². The highest BCUT2D eigenvalue weighted by Crippen LogP contribution is 2.48. The third kappa shape index (κ3) is 4.93. The molecule has 0 N–H and O–H groups in total. The number of rotatable bonds is 7. The standard InChI is InChI=1S/C30H38N2O2/c1-34-26-14-15-28-27(22-26)30(23-32(28)29(33)16-13-25-10-5-6-11-25)17-20-31(21-18-30)19-7-12-24-8-3-2-4-9-24/h2-4,7-9,12,14-15,22,25H,5-6,10-11,13,16-21,23H2,1H3. The first-order valence-electron chi connectivity index (χ1n) is 13.1. The van der Waals surface area contributed by atoms with Gasteiger partial charge in [0.2, 0.25) is 5.91 Å². The number of ether oxygens (including phenoxy) is 1. The van der Waals surface area contributed by atoms with Gasteiger partial charge < -0.3 is 9.64 Å². The van der Waals surface area contributed by atoms with Crippen molar-refractivity contribution in [1.82, 2.24) is 4.90 Å². The van der Waals surface area contributed by atoms with E-state index < -0.39 is 0 Å². The minimum absolute atomic E-state index is 0.0482. The molecule has 1 saturated carbocycles. The van der Waals surface area contributed by atoms with E-state index >= 15 is 0 Å². The molecule has 0 bridgehead atoms. The van der Waals surface area contributed by atoms with Crippen molar-refractivity contribution in [2.75, 3.05) is 38.2 Å². The average Bonchev–Trinajstić information content (AvgIpc) is 3.51. The van der Waals surface area contributed by atoms with Crippen molar-refractivity contribution in [3.05, 3.63) is 65.7 Å². The lowest BCUT2D eigenvalue weighted by Gasteiger charge is -2.39. The molecular formula is C30H38N2O2. The van der Waals surface area contributed by atoms with Crippen LogP contribution >= 0.6 is 0 Å². The molecule has 1 saturated heterocycles. The SMILES string of the molecule is COc1ccc2c(c1)C1(CCN(CC=Cc3ccccc3)CC1)CN2C(=O)CCC1CCCC1. The van der Waals surface area contributed by atoms with E-state index in [1.807, 2.05) is 6.07 Å². The molecule has 2 aromatic rings. The quantitative estimate of drug-likeness (QED) is 0.506. The summed E-state index contributed by atoms with van der Waals surface area (Å²) in [5, 5.41) is 0. The maximum atomic E-state index is 13.4. The molecule has 0 radical (unpaired) electrons. The predicted molar refractivity (Wildman–Crippen MR) is 139 cm³/mol. The number of piperidine rings is 1. The van der Waals surface area contributed by atoms with E-state index in [-0.39, 0.29) is 5.41 Å². The second-order valence-corrected chi connectivity index (χ2v) is 10.4. The summed E-state index contributed by atoms with van der Waals surface area (Å²) in [7, 11) is 1.73. The first kappa shape index (κ1) is 23.2. The average molecular weight is 459 g/mol. The van der Waals surface area contributed by atoms with Crippen LogP contribution in [0.5, 0.6) is 5.75 Å². The molecule has 2 aromatic carbocycles. The number of fused-ring (bicyclic) bond motifs is 2. The fourth-order valence-corrected chi connectivity index (χ4v) is 6.25. The Kier molecular flexibility index (Phi) is 7.05. The van der Waals surface area contributed by atoms with Crippen LogP contribution in [-0.4, -0.2) is 44.1 Å². The lowest BCUT2D eigenvalue weighted by molar-refractivity contribution is -0.119. The van der Waals surface area contributed by atoms with E-state index in [0.717, 1.165) is 62.8 Å². The number of nitrogens with zero attached hydrogens (tertiary/aromatic N) is 2. The van der Waals surface area contributed by atoms with Gasteiger partial charge in [-0.3, -0.25) is 9.69 Å². The van der Waals surface area contributed by atoms with E-state index in [2.05, 4.69) is 64.4 Å². The zero-order valence-corrected chi connectivity index (χ0v) is 20.5. The van der Waals surface area contributed by atoms with Crippen LogP contribution in [0.15, 0.2) is 54.6 Å². The number of amides is 1.